The molecule has 0 radical (unpaired) electrons. The first-order chi connectivity index (χ1) is 11.1. The van der Waals surface area contributed by atoms with Crippen LogP contribution in [0, 0.1) is 29.4 Å². The molecule has 4 heteroatoms. The fourth-order valence-corrected chi connectivity index (χ4v) is 3.32. The number of hydrogen-bond donors (Lipinski definition) is 1. The zero-order chi connectivity index (χ0) is 16.0. The Morgan fingerprint density at radius 3 is 2.52 bits per heavy atom. The number of carbonyl (C=O) groups excluding carboxylic acids is 1. The summed E-state index contributed by atoms with van der Waals surface area (Å²) in [6.07, 6.45) is 3.29. The molecular formula is C19H17F2NO. The van der Waals surface area contributed by atoms with Gasteiger partial charge in [-0.1, -0.05) is 30.3 Å². The summed E-state index contributed by atoms with van der Waals surface area (Å²) in [7, 11) is 0. The molecule has 1 amide bonds. The molecule has 0 spiro atoms. The van der Waals surface area contributed by atoms with Crippen LogP contribution < -0.4 is 5.32 Å². The van der Waals surface area contributed by atoms with Crippen molar-refractivity contribution in [1.29, 1.82) is 0 Å². The average molecular weight is 313 g/mol. The Kier molecular flexibility index (Phi) is 3.40. The number of nitrogens with one attached hydrogen (secondary N) is 1. The highest BCUT2D eigenvalue weighted by Crippen LogP contribution is 2.54. The van der Waals surface area contributed by atoms with Crippen LogP contribution in [0.1, 0.15) is 19.3 Å². The van der Waals surface area contributed by atoms with E-state index in [1.165, 1.54) is 18.9 Å². The van der Waals surface area contributed by atoms with Crippen molar-refractivity contribution in [3.63, 3.8) is 0 Å². The molecule has 0 aliphatic heterocycles. The number of carbonyl (C=O) groups is 1. The molecule has 2 aromatic rings. The molecule has 23 heavy (non-hydrogen) atoms. The second-order valence-electron chi connectivity index (χ2n) is 6.51. The number of benzene rings is 2. The second-order valence-corrected chi connectivity index (χ2v) is 6.51. The quantitative estimate of drug-likeness (QED) is 0.877. The van der Waals surface area contributed by atoms with Gasteiger partial charge in [0.15, 0.2) is 0 Å². The van der Waals surface area contributed by atoms with Crippen molar-refractivity contribution >= 4 is 11.6 Å². The van der Waals surface area contributed by atoms with E-state index in [0.717, 1.165) is 12.5 Å². The highest BCUT2D eigenvalue weighted by atomic mass is 19.1. The van der Waals surface area contributed by atoms with Crippen molar-refractivity contribution in [2.24, 2.45) is 17.8 Å². The molecule has 2 atom stereocenters. The number of amides is 1. The number of anilines is 1. The van der Waals surface area contributed by atoms with E-state index in [2.05, 4.69) is 5.32 Å². The van der Waals surface area contributed by atoms with Gasteiger partial charge in [0.25, 0.3) is 0 Å². The Hall–Kier alpha value is -2.23. The second kappa shape index (κ2) is 5.44. The van der Waals surface area contributed by atoms with Crippen LogP contribution >= 0.6 is 0 Å². The summed E-state index contributed by atoms with van der Waals surface area (Å²) in [6.45, 7) is 0. The van der Waals surface area contributed by atoms with E-state index in [9.17, 15) is 13.6 Å². The third kappa shape index (κ3) is 2.85. The zero-order valence-electron chi connectivity index (χ0n) is 12.6. The molecule has 2 fully saturated rings. The number of hydrogen-bond acceptors (Lipinski definition) is 1. The van der Waals surface area contributed by atoms with Gasteiger partial charge < -0.3 is 5.32 Å². The fraction of sp³-hybridized carbons (Fsp3) is 0.316. The van der Waals surface area contributed by atoms with Crippen molar-refractivity contribution in [3.05, 3.63) is 54.1 Å². The van der Waals surface area contributed by atoms with Gasteiger partial charge in [0.1, 0.15) is 11.6 Å². The first kappa shape index (κ1) is 14.4. The molecule has 2 aliphatic carbocycles. The SMILES string of the molecule is O=C(Nc1c(F)cc(F)cc1-c1ccccc1)C1CC1C1CC1. The van der Waals surface area contributed by atoms with Crippen molar-refractivity contribution in [2.45, 2.75) is 19.3 Å². The zero-order valence-corrected chi connectivity index (χ0v) is 12.6. The predicted molar refractivity (Wildman–Crippen MR) is 84.7 cm³/mol. The van der Waals surface area contributed by atoms with E-state index < -0.39 is 11.6 Å². The van der Waals surface area contributed by atoms with Crippen molar-refractivity contribution in [2.75, 3.05) is 5.32 Å². The summed E-state index contributed by atoms with van der Waals surface area (Å²) in [4.78, 5) is 12.4. The lowest BCUT2D eigenvalue weighted by Gasteiger charge is -2.13. The van der Waals surface area contributed by atoms with Crippen LogP contribution in [0.2, 0.25) is 0 Å². The van der Waals surface area contributed by atoms with E-state index >= 15 is 0 Å². The molecular weight excluding hydrogens is 296 g/mol. The third-order valence-corrected chi connectivity index (χ3v) is 4.79. The topological polar surface area (TPSA) is 29.1 Å². The van der Waals surface area contributed by atoms with Gasteiger partial charge in [-0.15, -0.1) is 0 Å². The lowest BCUT2D eigenvalue weighted by molar-refractivity contribution is -0.117. The lowest BCUT2D eigenvalue weighted by Crippen LogP contribution is -2.17. The third-order valence-electron chi connectivity index (χ3n) is 4.79. The Labute approximate surface area is 133 Å². The van der Waals surface area contributed by atoms with E-state index in [0.29, 0.717) is 23.0 Å². The van der Waals surface area contributed by atoms with Crippen molar-refractivity contribution in [3.8, 4) is 11.1 Å². The maximum Gasteiger partial charge on any atom is 0.227 e. The smallest absolute Gasteiger partial charge is 0.227 e. The number of rotatable bonds is 4. The lowest BCUT2D eigenvalue weighted by atomic mass is 10.0. The van der Waals surface area contributed by atoms with Crippen LogP contribution in [-0.4, -0.2) is 5.91 Å². The maximum atomic E-state index is 14.3. The molecule has 2 aliphatic rings. The number of halogens is 2. The molecule has 2 unspecified atom stereocenters. The highest BCUT2D eigenvalue weighted by Gasteiger charge is 2.51. The molecule has 2 nitrogen and oxygen atoms in total. The summed E-state index contributed by atoms with van der Waals surface area (Å²) in [5, 5.41) is 2.70. The minimum atomic E-state index is -0.735. The summed E-state index contributed by atoms with van der Waals surface area (Å²) < 4.78 is 27.9. The Morgan fingerprint density at radius 1 is 1.09 bits per heavy atom. The Morgan fingerprint density at radius 2 is 1.83 bits per heavy atom. The molecule has 0 heterocycles. The van der Waals surface area contributed by atoms with Crippen molar-refractivity contribution < 1.29 is 13.6 Å². The van der Waals surface area contributed by atoms with Gasteiger partial charge in [-0.3, -0.25) is 4.79 Å². The minimum Gasteiger partial charge on any atom is -0.323 e. The van der Waals surface area contributed by atoms with Crippen LogP contribution in [0.5, 0.6) is 0 Å². The van der Waals surface area contributed by atoms with Gasteiger partial charge in [-0.25, -0.2) is 8.78 Å². The van der Waals surface area contributed by atoms with Crippen LogP contribution in [0.25, 0.3) is 11.1 Å². The summed E-state index contributed by atoms with van der Waals surface area (Å²) in [6, 6.07) is 11.1. The van der Waals surface area contributed by atoms with Gasteiger partial charge in [-0.2, -0.15) is 0 Å². The standard InChI is InChI=1S/C19H17F2NO/c20-13-8-15(11-4-2-1-3-5-11)18(17(21)9-13)22-19(23)16-10-14(16)12-6-7-12/h1-5,8-9,12,14,16H,6-7,10H2,(H,22,23). The molecule has 0 bridgehead atoms. The van der Waals surface area contributed by atoms with E-state index in [1.807, 2.05) is 6.07 Å². The van der Waals surface area contributed by atoms with Gasteiger partial charge in [0, 0.05) is 17.5 Å². The minimum absolute atomic E-state index is 0.0180. The predicted octanol–water partition coefficient (Wildman–Crippen LogP) is 4.62. The van der Waals surface area contributed by atoms with Gasteiger partial charge in [0.2, 0.25) is 5.91 Å². The van der Waals surface area contributed by atoms with E-state index in [4.69, 9.17) is 0 Å². The average Bonchev–Trinajstić information content (AvgIpc) is 3.41. The maximum absolute atomic E-state index is 14.3. The fourth-order valence-electron chi connectivity index (χ4n) is 3.32. The highest BCUT2D eigenvalue weighted by molar-refractivity contribution is 5.98. The Balaban J connectivity index is 1.63. The summed E-state index contributed by atoms with van der Waals surface area (Å²) in [5.74, 6) is -0.418. The van der Waals surface area contributed by atoms with E-state index in [1.54, 1.807) is 24.3 Å². The molecule has 118 valence electrons. The molecule has 0 aromatic heterocycles. The molecule has 1 N–H and O–H groups in total. The largest absolute Gasteiger partial charge is 0.323 e. The van der Waals surface area contributed by atoms with Crippen LogP contribution in [-0.2, 0) is 4.79 Å². The van der Waals surface area contributed by atoms with Crippen molar-refractivity contribution in [1.82, 2.24) is 0 Å². The molecule has 2 saturated carbocycles. The molecule has 2 aromatic carbocycles. The molecule has 4 rings (SSSR count). The van der Waals surface area contributed by atoms with Gasteiger partial charge in [0.05, 0.1) is 5.69 Å². The van der Waals surface area contributed by atoms with E-state index in [-0.39, 0.29) is 17.5 Å². The first-order valence-corrected chi connectivity index (χ1v) is 7.99. The Bertz CT molecular complexity index is 755. The van der Waals surface area contributed by atoms with Crippen LogP contribution in [0.4, 0.5) is 14.5 Å². The first-order valence-electron chi connectivity index (χ1n) is 7.99. The van der Waals surface area contributed by atoms with Gasteiger partial charge >= 0.3 is 0 Å². The molecule has 0 saturated heterocycles. The van der Waals surface area contributed by atoms with Crippen LogP contribution in [0.3, 0.4) is 0 Å². The van der Waals surface area contributed by atoms with Crippen LogP contribution in [0.15, 0.2) is 42.5 Å². The van der Waals surface area contributed by atoms with Gasteiger partial charge in [-0.05, 0) is 42.7 Å². The summed E-state index contributed by atoms with van der Waals surface area (Å²) in [5.41, 5.74) is 1.12. The normalized spacial score (nSPS) is 22.7. The monoisotopic (exact) mass is 313 g/mol. The summed E-state index contributed by atoms with van der Waals surface area (Å²) >= 11 is 0.